The normalized spacial score (nSPS) is 47.4. The van der Waals surface area contributed by atoms with Crippen LogP contribution in [0.1, 0.15) is 58.3 Å². The predicted octanol–water partition coefficient (Wildman–Crippen LogP) is 5.12. The van der Waals surface area contributed by atoms with Crippen molar-refractivity contribution >= 4 is 0 Å². The van der Waals surface area contributed by atoms with E-state index in [1.165, 1.54) is 44.1 Å². The minimum Gasteiger partial charge on any atom is -0.470 e. The van der Waals surface area contributed by atoms with Crippen molar-refractivity contribution in [1.82, 2.24) is 0 Å². The average molecular weight is 312 g/mol. The first-order valence-electron chi connectivity index (χ1n) is 9.47. The molecule has 0 aromatic heterocycles. The molecule has 5 aliphatic carbocycles. The van der Waals surface area contributed by atoms with Crippen molar-refractivity contribution in [3.8, 4) is 0 Å². The summed E-state index contributed by atoms with van der Waals surface area (Å²) in [4.78, 5) is 0. The van der Waals surface area contributed by atoms with E-state index in [2.05, 4.69) is 25.7 Å². The quantitative estimate of drug-likeness (QED) is 0.656. The summed E-state index contributed by atoms with van der Waals surface area (Å²) in [7, 11) is 0. The summed E-state index contributed by atoms with van der Waals surface area (Å²) in [5.74, 6) is 3.99. The zero-order chi connectivity index (χ0) is 15.7. The molecule has 124 valence electrons. The van der Waals surface area contributed by atoms with Gasteiger partial charge in [0.25, 0.3) is 0 Å². The maximum atomic E-state index is 6.59. The first kappa shape index (κ1) is 14.3. The zero-order valence-corrected chi connectivity index (χ0v) is 14.2. The summed E-state index contributed by atoms with van der Waals surface area (Å²) in [5, 5.41) is 0. The minimum atomic E-state index is -0.121. The molecule has 2 heteroatoms. The lowest BCUT2D eigenvalue weighted by Crippen LogP contribution is -2.43. The fourth-order valence-electron chi connectivity index (χ4n) is 6.91. The molecule has 0 heterocycles. The molecule has 0 saturated heterocycles. The van der Waals surface area contributed by atoms with Crippen LogP contribution in [0.15, 0.2) is 36.1 Å². The average Bonchev–Trinajstić information content (AvgIpc) is 2.83. The van der Waals surface area contributed by atoms with E-state index in [9.17, 15) is 0 Å². The van der Waals surface area contributed by atoms with Gasteiger partial charge in [-0.3, -0.25) is 0 Å². The van der Waals surface area contributed by atoms with Crippen LogP contribution < -0.4 is 0 Å². The molecule has 2 nitrogen and oxygen atoms in total. The highest BCUT2D eigenvalue weighted by atomic mass is 16.7. The van der Waals surface area contributed by atoms with Gasteiger partial charge in [-0.15, -0.1) is 0 Å². The molecular formula is C21H28O2. The molecule has 0 N–H and O–H groups in total. The lowest BCUT2D eigenvalue weighted by Gasteiger charge is -2.49. The Morgan fingerprint density at radius 1 is 1.17 bits per heavy atom. The minimum absolute atomic E-state index is 0.121. The van der Waals surface area contributed by atoms with Gasteiger partial charge in [-0.25, -0.2) is 0 Å². The summed E-state index contributed by atoms with van der Waals surface area (Å²) in [5.41, 5.74) is 2.12. The smallest absolute Gasteiger partial charge is 0.197 e. The van der Waals surface area contributed by atoms with Gasteiger partial charge < -0.3 is 9.47 Å². The second-order valence-electron chi connectivity index (χ2n) is 8.82. The Morgan fingerprint density at radius 3 is 2.87 bits per heavy atom. The van der Waals surface area contributed by atoms with E-state index in [1.807, 2.05) is 6.08 Å². The fraction of sp³-hybridized carbons (Fsp3) is 0.714. The molecule has 23 heavy (non-hydrogen) atoms. The van der Waals surface area contributed by atoms with Crippen LogP contribution in [-0.2, 0) is 9.47 Å². The molecule has 1 spiro atoms. The summed E-state index contributed by atoms with van der Waals surface area (Å²) in [6.45, 7) is 5.93. The zero-order valence-electron chi connectivity index (χ0n) is 14.2. The Morgan fingerprint density at radius 2 is 2.09 bits per heavy atom. The molecule has 0 aromatic carbocycles. The van der Waals surface area contributed by atoms with Gasteiger partial charge in [0.2, 0.25) is 0 Å². The van der Waals surface area contributed by atoms with Crippen molar-refractivity contribution in [2.45, 2.75) is 70.2 Å². The SMILES string of the molecule is C=CC1=CC=C(OC(C)OC23CC4CC5CC(C2)C5(C4)C3)CC1. The Labute approximate surface area is 139 Å². The maximum absolute atomic E-state index is 6.59. The van der Waals surface area contributed by atoms with Gasteiger partial charge in [0.15, 0.2) is 6.29 Å². The first-order chi connectivity index (χ1) is 11.1. The van der Waals surface area contributed by atoms with Crippen molar-refractivity contribution in [2.24, 2.45) is 23.2 Å². The van der Waals surface area contributed by atoms with Gasteiger partial charge in [-0.2, -0.15) is 0 Å². The van der Waals surface area contributed by atoms with E-state index in [1.54, 1.807) is 0 Å². The lowest BCUT2D eigenvalue weighted by atomic mass is 9.56. The monoisotopic (exact) mass is 312 g/mol. The first-order valence-corrected chi connectivity index (χ1v) is 9.47. The molecule has 0 aromatic rings. The van der Waals surface area contributed by atoms with Gasteiger partial charge in [-0.1, -0.05) is 18.7 Å². The van der Waals surface area contributed by atoms with Crippen molar-refractivity contribution in [2.75, 3.05) is 0 Å². The molecule has 5 aliphatic rings. The van der Waals surface area contributed by atoms with E-state index in [4.69, 9.17) is 9.47 Å². The van der Waals surface area contributed by atoms with Gasteiger partial charge in [0, 0.05) is 6.42 Å². The van der Waals surface area contributed by atoms with Crippen molar-refractivity contribution in [1.29, 1.82) is 0 Å². The fourth-order valence-corrected chi connectivity index (χ4v) is 6.91. The molecule has 4 fully saturated rings. The third-order valence-electron chi connectivity index (χ3n) is 7.55. The van der Waals surface area contributed by atoms with Crippen LogP contribution in [0.2, 0.25) is 0 Å². The van der Waals surface area contributed by atoms with Gasteiger partial charge in [0.1, 0.15) is 0 Å². The second kappa shape index (κ2) is 4.75. The number of hydrogen-bond donors (Lipinski definition) is 0. The molecular weight excluding hydrogens is 284 g/mol. The Hall–Kier alpha value is -1.02. The van der Waals surface area contributed by atoms with E-state index in [0.29, 0.717) is 5.41 Å². The van der Waals surface area contributed by atoms with Crippen molar-refractivity contribution in [3.63, 3.8) is 0 Å². The lowest BCUT2D eigenvalue weighted by molar-refractivity contribution is -0.197. The summed E-state index contributed by atoms with van der Waals surface area (Å²) >= 11 is 0. The maximum Gasteiger partial charge on any atom is 0.197 e. The van der Waals surface area contributed by atoms with Crippen LogP contribution in [0, 0.1) is 23.2 Å². The standard InChI is InChI=1S/C21H28O2/c1-3-15-4-6-19(7-5-15)22-14(2)23-20-10-16-8-17-9-18(12-20)21(17,11-16)13-20/h3-4,6,14,16-18H,1,5,7-13H2,2H3. The largest absolute Gasteiger partial charge is 0.470 e. The van der Waals surface area contributed by atoms with Crippen molar-refractivity contribution < 1.29 is 9.47 Å². The number of fused-ring (bicyclic) bond motifs is 2. The third kappa shape index (κ3) is 2.03. The molecule has 0 aliphatic heterocycles. The molecule has 6 atom stereocenters. The highest BCUT2D eigenvalue weighted by Crippen LogP contribution is 2.77. The summed E-state index contributed by atoms with van der Waals surface area (Å²) < 4.78 is 12.7. The van der Waals surface area contributed by atoms with Gasteiger partial charge in [0.05, 0.1) is 11.4 Å². The third-order valence-corrected chi connectivity index (χ3v) is 7.55. The Kier molecular flexibility index (Phi) is 2.96. The topological polar surface area (TPSA) is 18.5 Å². The van der Waals surface area contributed by atoms with Crippen LogP contribution >= 0.6 is 0 Å². The molecule has 0 amide bonds. The van der Waals surface area contributed by atoms with E-state index in [0.717, 1.165) is 36.4 Å². The van der Waals surface area contributed by atoms with Crippen LogP contribution in [0.5, 0.6) is 0 Å². The predicted molar refractivity (Wildman–Crippen MR) is 90.6 cm³/mol. The van der Waals surface area contributed by atoms with Crippen LogP contribution in [-0.4, -0.2) is 11.9 Å². The van der Waals surface area contributed by atoms with Crippen LogP contribution in [0.25, 0.3) is 0 Å². The number of rotatable bonds is 5. The molecule has 4 saturated carbocycles. The molecule has 3 bridgehead atoms. The van der Waals surface area contributed by atoms with Gasteiger partial charge >= 0.3 is 0 Å². The van der Waals surface area contributed by atoms with Crippen molar-refractivity contribution in [3.05, 3.63) is 36.1 Å². The van der Waals surface area contributed by atoms with E-state index in [-0.39, 0.29) is 11.9 Å². The summed E-state index contributed by atoms with van der Waals surface area (Å²) in [6, 6.07) is 0. The summed E-state index contributed by atoms with van der Waals surface area (Å²) in [6.07, 6.45) is 16.4. The van der Waals surface area contributed by atoms with Crippen LogP contribution in [0.4, 0.5) is 0 Å². The number of allylic oxidation sites excluding steroid dienone is 5. The molecule has 6 unspecified atom stereocenters. The van der Waals surface area contributed by atoms with Crippen LogP contribution in [0.3, 0.4) is 0 Å². The van der Waals surface area contributed by atoms with E-state index < -0.39 is 0 Å². The highest BCUT2D eigenvalue weighted by Gasteiger charge is 2.71. The number of ether oxygens (including phenoxy) is 2. The number of hydrogen-bond acceptors (Lipinski definition) is 2. The van der Waals surface area contributed by atoms with Gasteiger partial charge in [-0.05, 0) is 86.7 Å². The molecule has 5 rings (SSSR count). The highest BCUT2D eigenvalue weighted by molar-refractivity contribution is 5.28. The second-order valence-corrected chi connectivity index (χ2v) is 8.82. The van der Waals surface area contributed by atoms with E-state index >= 15 is 0 Å². The molecule has 0 radical (unpaired) electrons. The Bertz CT molecular complexity index is 599. The Balaban J connectivity index is 1.27.